The summed E-state index contributed by atoms with van der Waals surface area (Å²) in [7, 11) is 0. The fourth-order valence-electron chi connectivity index (χ4n) is 1.16. The lowest BCUT2D eigenvalue weighted by Gasteiger charge is -1.99. The van der Waals surface area contributed by atoms with Gasteiger partial charge in [-0.3, -0.25) is 0 Å². The number of unbranched alkanes of at least 4 members (excludes halogenated alkanes) is 1. The molecule has 0 radical (unpaired) electrons. The first-order chi connectivity index (χ1) is 8.13. The first-order valence-corrected chi connectivity index (χ1v) is 5.43. The number of rotatable bonds is 5. The SMILES string of the molecule is CCCCOC(=O)C=Cc1ccc(F)cc1F. The van der Waals surface area contributed by atoms with Crippen LogP contribution in [-0.4, -0.2) is 12.6 Å². The number of carbonyl (C=O) groups is 1. The Bertz CT molecular complexity index is 414. The zero-order valence-electron chi connectivity index (χ0n) is 9.58. The van der Waals surface area contributed by atoms with E-state index in [2.05, 4.69) is 0 Å². The average molecular weight is 240 g/mol. The van der Waals surface area contributed by atoms with Crippen molar-refractivity contribution in [1.29, 1.82) is 0 Å². The minimum absolute atomic E-state index is 0.152. The molecule has 0 amide bonds. The van der Waals surface area contributed by atoms with Gasteiger partial charge in [-0.1, -0.05) is 13.3 Å². The topological polar surface area (TPSA) is 26.3 Å². The highest BCUT2D eigenvalue weighted by Crippen LogP contribution is 2.11. The van der Waals surface area contributed by atoms with Gasteiger partial charge in [0.25, 0.3) is 0 Å². The van der Waals surface area contributed by atoms with Gasteiger partial charge in [-0.25, -0.2) is 13.6 Å². The lowest BCUT2D eigenvalue weighted by molar-refractivity contribution is -0.137. The van der Waals surface area contributed by atoms with Gasteiger partial charge in [0.2, 0.25) is 0 Å². The van der Waals surface area contributed by atoms with E-state index >= 15 is 0 Å². The van der Waals surface area contributed by atoms with Crippen molar-refractivity contribution in [2.75, 3.05) is 6.61 Å². The molecule has 2 nitrogen and oxygen atoms in total. The van der Waals surface area contributed by atoms with Crippen LogP contribution in [0.25, 0.3) is 6.08 Å². The molecule has 0 unspecified atom stereocenters. The van der Waals surface area contributed by atoms with Gasteiger partial charge < -0.3 is 4.74 Å². The molecule has 0 N–H and O–H groups in total. The van der Waals surface area contributed by atoms with E-state index in [4.69, 9.17) is 4.74 Å². The van der Waals surface area contributed by atoms with Crippen LogP contribution in [0.15, 0.2) is 24.3 Å². The average Bonchev–Trinajstić information content (AvgIpc) is 2.28. The van der Waals surface area contributed by atoms with E-state index < -0.39 is 17.6 Å². The van der Waals surface area contributed by atoms with Gasteiger partial charge in [0, 0.05) is 17.7 Å². The van der Waals surface area contributed by atoms with Gasteiger partial charge in [-0.05, 0) is 24.6 Å². The largest absolute Gasteiger partial charge is 0.463 e. The van der Waals surface area contributed by atoms with Crippen LogP contribution >= 0.6 is 0 Å². The Labute approximate surface area is 98.9 Å². The number of benzene rings is 1. The molecule has 0 aromatic heterocycles. The minimum atomic E-state index is -0.706. The molecule has 4 heteroatoms. The van der Waals surface area contributed by atoms with E-state index in [9.17, 15) is 13.6 Å². The highest BCUT2D eigenvalue weighted by atomic mass is 19.1. The van der Waals surface area contributed by atoms with Crippen LogP contribution in [0.3, 0.4) is 0 Å². The monoisotopic (exact) mass is 240 g/mol. The molecular weight excluding hydrogens is 226 g/mol. The molecule has 0 bridgehead atoms. The van der Waals surface area contributed by atoms with E-state index in [1.165, 1.54) is 12.1 Å². The van der Waals surface area contributed by atoms with Crippen molar-refractivity contribution in [3.8, 4) is 0 Å². The van der Waals surface area contributed by atoms with Crippen LogP contribution in [0.1, 0.15) is 25.3 Å². The molecule has 0 aliphatic heterocycles. The molecule has 1 aromatic carbocycles. The van der Waals surface area contributed by atoms with Gasteiger partial charge in [0.05, 0.1) is 6.61 Å². The third kappa shape index (κ3) is 4.76. The molecule has 17 heavy (non-hydrogen) atoms. The Kier molecular flexibility index (Phi) is 5.33. The van der Waals surface area contributed by atoms with Crippen LogP contribution in [0.4, 0.5) is 8.78 Å². The van der Waals surface area contributed by atoms with E-state index in [-0.39, 0.29) is 5.56 Å². The Balaban J connectivity index is 2.55. The molecule has 0 atom stereocenters. The Morgan fingerprint density at radius 2 is 2.18 bits per heavy atom. The summed E-state index contributed by atoms with van der Waals surface area (Å²) in [6.07, 6.45) is 4.13. The molecule has 92 valence electrons. The summed E-state index contributed by atoms with van der Waals surface area (Å²) in [6.45, 7) is 2.34. The van der Waals surface area contributed by atoms with E-state index in [0.717, 1.165) is 31.1 Å². The van der Waals surface area contributed by atoms with Gasteiger partial charge >= 0.3 is 5.97 Å². The number of hydrogen-bond acceptors (Lipinski definition) is 2. The quantitative estimate of drug-likeness (QED) is 0.448. The summed E-state index contributed by atoms with van der Waals surface area (Å²) in [5, 5.41) is 0. The van der Waals surface area contributed by atoms with Crippen molar-refractivity contribution in [2.45, 2.75) is 19.8 Å². The maximum atomic E-state index is 13.2. The molecular formula is C13H14F2O2. The summed E-state index contributed by atoms with van der Waals surface area (Å²) >= 11 is 0. The zero-order valence-corrected chi connectivity index (χ0v) is 9.58. The number of ether oxygens (including phenoxy) is 1. The van der Waals surface area contributed by atoms with Gasteiger partial charge in [0.15, 0.2) is 0 Å². The predicted octanol–water partition coefficient (Wildman–Crippen LogP) is 3.32. The molecule has 0 saturated heterocycles. The second-order valence-electron chi connectivity index (χ2n) is 3.52. The summed E-state index contributed by atoms with van der Waals surface area (Å²) in [6, 6.07) is 3.16. The van der Waals surface area contributed by atoms with E-state index in [1.54, 1.807) is 0 Å². The Morgan fingerprint density at radius 1 is 1.41 bits per heavy atom. The fraction of sp³-hybridized carbons (Fsp3) is 0.308. The summed E-state index contributed by atoms with van der Waals surface area (Å²) in [4.78, 5) is 11.2. The van der Waals surface area contributed by atoms with E-state index in [1.807, 2.05) is 6.92 Å². The van der Waals surface area contributed by atoms with Crippen molar-refractivity contribution in [1.82, 2.24) is 0 Å². The molecule has 0 saturated carbocycles. The maximum absolute atomic E-state index is 13.2. The lowest BCUT2D eigenvalue weighted by Crippen LogP contribution is -2.01. The van der Waals surface area contributed by atoms with Crippen LogP contribution < -0.4 is 0 Å². The summed E-state index contributed by atoms with van der Waals surface area (Å²) in [5.74, 6) is -1.88. The second kappa shape index (κ2) is 6.78. The summed E-state index contributed by atoms with van der Waals surface area (Å²) < 4.78 is 30.6. The smallest absolute Gasteiger partial charge is 0.330 e. The van der Waals surface area contributed by atoms with Crippen molar-refractivity contribution < 1.29 is 18.3 Å². The molecule has 0 aliphatic rings. The van der Waals surface area contributed by atoms with Gasteiger partial charge in [-0.2, -0.15) is 0 Å². The molecule has 0 aliphatic carbocycles. The third-order valence-electron chi connectivity index (χ3n) is 2.10. The minimum Gasteiger partial charge on any atom is -0.463 e. The number of halogens is 2. The van der Waals surface area contributed by atoms with Crippen molar-refractivity contribution in [3.63, 3.8) is 0 Å². The standard InChI is InChI=1S/C13H14F2O2/c1-2-3-8-17-13(16)7-5-10-4-6-11(14)9-12(10)15/h4-7,9H,2-3,8H2,1H3. The van der Waals surface area contributed by atoms with E-state index in [0.29, 0.717) is 6.61 Å². The maximum Gasteiger partial charge on any atom is 0.330 e. The van der Waals surface area contributed by atoms with Crippen LogP contribution in [0.2, 0.25) is 0 Å². The fourth-order valence-corrected chi connectivity index (χ4v) is 1.16. The van der Waals surface area contributed by atoms with Crippen LogP contribution in [-0.2, 0) is 9.53 Å². The second-order valence-corrected chi connectivity index (χ2v) is 3.52. The van der Waals surface area contributed by atoms with Gasteiger partial charge in [-0.15, -0.1) is 0 Å². The number of carbonyl (C=O) groups excluding carboxylic acids is 1. The van der Waals surface area contributed by atoms with Crippen LogP contribution in [0, 0.1) is 11.6 Å². The van der Waals surface area contributed by atoms with Crippen molar-refractivity contribution in [2.24, 2.45) is 0 Å². The lowest BCUT2D eigenvalue weighted by atomic mass is 10.2. The third-order valence-corrected chi connectivity index (χ3v) is 2.10. The summed E-state index contributed by atoms with van der Waals surface area (Å²) in [5.41, 5.74) is 0.152. The molecule has 0 fully saturated rings. The number of esters is 1. The zero-order chi connectivity index (χ0) is 12.7. The van der Waals surface area contributed by atoms with Crippen molar-refractivity contribution >= 4 is 12.0 Å². The number of hydrogen-bond donors (Lipinski definition) is 0. The molecule has 0 spiro atoms. The first-order valence-electron chi connectivity index (χ1n) is 5.43. The Hall–Kier alpha value is -1.71. The Morgan fingerprint density at radius 3 is 2.82 bits per heavy atom. The van der Waals surface area contributed by atoms with Crippen molar-refractivity contribution in [3.05, 3.63) is 41.5 Å². The highest BCUT2D eigenvalue weighted by molar-refractivity contribution is 5.87. The predicted molar refractivity (Wildman–Crippen MR) is 61.3 cm³/mol. The highest BCUT2D eigenvalue weighted by Gasteiger charge is 2.01. The molecule has 0 heterocycles. The van der Waals surface area contributed by atoms with Crippen LogP contribution in [0.5, 0.6) is 0 Å². The first kappa shape index (κ1) is 13.4. The van der Waals surface area contributed by atoms with Gasteiger partial charge in [0.1, 0.15) is 11.6 Å². The molecule has 1 rings (SSSR count). The molecule has 1 aromatic rings. The normalized spacial score (nSPS) is 10.8.